The second-order valence-corrected chi connectivity index (χ2v) is 8.27. The Balaban J connectivity index is 1.62. The molecule has 2 unspecified atom stereocenters. The number of ether oxygens (including phenoxy) is 2. The van der Waals surface area contributed by atoms with Gasteiger partial charge in [0.05, 0.1) is 25.4 Å². The molecule has 3 aromatic rings. The highest BCUT2D eigenvalue weighted by Crippen LogP contribution is 2.23. The average molecular weight is 403 g/mol. The summed E-state index contributed by atoms with van der Waals surface area (Å²) >= 11 is 0. The van der Waals surface area contributed by atoms with Gasteiger partial charge in [-0.1, -0.05) is 72.8 Å². The van der Waals surface area contributed by atoms with Crippen LogP contribution in [0.4, 0.5) is 0 Å². The molecular weight excluding hydrogens is 368 g/mol. The molecule has 0 saturated carbocycles. The lowest BCUT2D eigenvalue weighted by molar-refractivity contribution is 0.0498. The largest absolute Gasteiger partial charge is 0.373 e. The van der Waals surface area contributed by atoms with Crippen molar-refractivity contribution in [2.24, 2.45) is 0 Å². The van der Waals surface area contributed by atoms with E-state index in [4.69, 9.17) is 9.47 Å². The summed E-state index contributed by atoms with van der Waals surface area (Å²) in [6.45, 7) is 10.1. The van der Waals surface area contributed by atoms with Crippen LogP contribution in [0.2, 0.25) is 0 Å². The zero-order valence-electron chi connectivity index (χ0n) is 18.7. The summed E-state index contributed by atoms with van der Waals surface area (Å²) in [5.41, 5.74) is 7.92. The molecule has 158 valence electrons. The predicted molar refractivity (Wildman–Crippen MR) is 125 cm³/mol. The van der Waals surface area contributed by atoms with Gasteiger partial charge in [-0.3, -0.25) is 0 Å². The van der Waals surface area contributed by atoms with Crippen molar-refractivity contribution in [2.45, 2.75) is 66.0 Å². The van der Waals surface area contributed by atoms with E-state index in [1.54, 1.807) is 0 Å². The standard InChI is InChI=1S/C28H34O2/c1-21-15-16-27(17-22(2)29-19-25-11-7-5-8-12-25)28(24(21)4)18-23(3)30-20-26-13-9-6-10-14-26/h5-16,22-23H,17-20H2,1-4H3. The summed E-state index contributed by atoms with van der Waals surface area (Å²) in [6, 6.07) is 25.3. The Morgan fingerprint density at radius 1 is 0.633 bits per heavy atom. The molecule has 0 saturated heterocycles. The monoisotopic (exact) mass is 402 g/mol. The summed E-state index contributed by atoms with van der Waals surface area (Å²) in [5.74, 6) is 0. The van der Waals surface area contributed by atoms with E-state index < -0.39 is 0 Å². The van der Waals surface area contributed by atoms with Crippen molar-refractivity contribution < 1.29 is 9.47 Å². The molecule has 2 atom stereocenters. The fraction of sp³-hybridized carbons (Fsp3) is 0.357. The zero-order chi connectivity index (χ0) is 21.3. The molecule has 0 bridgehead atoms. The fourth-order valence-electron chi connectivity index (χ4n) is 3.75. The van der Waals surface area contributed by atoms with Crippen molar-refractivity contribution in [1.82, 2.24) is 0 Å². The van der Waals surface area contributed by atoms with Crippen LogP contribution in [0.25, 0.3) is 0 Å². The Hall–Kier alpha value is -2.42. The van der Waals surface area contributed by atoms with Crippen LogP contribution in [-0.4, -0.2) is 12.2 Å². The molecule has 0 aliphatic heterocycles. The maximum Gasteiger partial charge on any atom is 0.0720 e. The second kappa shape index (κ2) is 11.1. The summed E-state index contributed by atoms with van der Waals surface area (Å²) in [6.07, 6.45) is 2.15. The maximum atomic E-state index is 6.16. The minimum absolute atomic E-state index is 0.157. The van der Waals surface area contributed by atoms with Crippen LogP contribution in [0.3, 0.4) is 0 Å². The first kappa shape index (κ1) is 22.3. The minimum Gasteiger partial charge on any atom is -0.373 e. The normalized spacial score (nSPS) is 13.2. The molecule has 0 aliphatic rings. The van der Waals surface area contributed by atoms with Gasteiger partial charge in [0.15, 0.2) is 0 Å². The van der Waals surface area contributed by atoms with E-state index >= 15 is 0 Å². The Morgan fingerprint density at radius 2 is 1.13 bits per heavy atom. The molecule has 0 amide bonds. The third-order valence-corrected chi connectivity index (χ3v) is 5.72. The highest BCUT2D eigenvalue weighted by atomic mass is 16.5. The third-order valence-electron chi connectivity index (χ3n) is 5.72. The van der Waals surface area contributed by atoms with Crippen LogP contribution in [0, 0.1) is 13.8 Å². The van der Waals surface area contributed by atoms with E-state index in [1.807, 2.05) is 12.1 Å². The first-order chi connectivity index (χ1) is 14.5. The molecular formula is C28H34O2. The molecule has 3 rings (SSSR count). The van der Waals surface area contributed by atoms with E-state index in [2.05, 4.69) is 88.4 Å². The van der Waals surface area contributed by atoms with Crippen molar-refractivity contribution >= 4 is 0 Å². The SMILES string of the molecule is Cc1ccc(CC(C)OCc2ccccc2)c(CC(C)OCc2ccccc2)c1C. The quantitative estimate of drug-likeness (QED) is 0.380. The molecule has 3 aromatic carbocycles. The molecule has 0 N–H and O–H groups in total. The second-order valence-electron chi connectivity index (χ2n) is 8.27. The molecule has 0 aromatic heterocycles. The highest BCUT2D eigenvalue weighted by molar-refractivity contribution is 5.40. The predicted octanol–water partition coefficient (Wildman–Crippen LogP) is 6.60. The van der Waals surface area contributed by atoms with Crippen LogP contribution in [0.15, 0.2) is 72.8 Å². The van der Waals surface area contributed by atoms with Gasteiger partial charge in [0, 0.05) is 0 Å². The van der Waals surface area contributed by atoms with Crippen molar-refractivity contribution in [3.63, 3.8) is 0 Å². The van der Waals surface area contributed by atoms with Gasteiger partial charge in [-0.25, -0.2) is 0 Å². The Morgan fingerprint density at radius 3 is 1.67 bits per heavy atom. The highest BCUT2D eigenvalue weighted by Gasteiger charge is 2.15. The van der Waals surface area contributed by atoms with E-state index in [-0.39, 0.29) is 12.2 Å². The van der Waals surface area contributed by atoms with Gasteiger partial charge >= 0.3 is 0 Å². The van der Waals surface area contributed by atoms with Gasteiger partial charge in [0.2, 0.25) is 0 Å². The van der Waals surface area contributed by atoms with Crippen LogP contribution < -0.4 is 0 Å². The van der Waals surface area contributed by atoms with E-state index in [1.165, 1.54) is 33.4 Å². The number of aryl methyl sites for hydroxylation is 1. The number of hydrogen-bond donors (Lipinski definition) is 0. The van der Waals surface area contributed by atoms with Crippen molar-refractivity contribution in [1.29, 1.82) is 0 Å². The Kier molecular flexibility index (Phi) is 8.24. The van der Waals surface area contributed by atoms with Gasteiger partial charge in [-0.05, 0) is 73.9 Å². The number of hydrogen-bond acceptors (Lipinski definition) is 2. The first-order valence-electron chi connectivity index (χ1n) is 10.9. The molecule has 0 spiro atoms. The third kappa shape index (κ3) is 6.55. The van der Waals surface area contributed by atoms with Crippen LogP contribution in [-0.2, 0) is 35.5 Å². The van der Waals surface area contributed by atoms with Gasteiger partial charge in [-0.2, -0.15) is 0 Å². The maximum absolute atomic E-state index is 6.16. The van der Waals surface area contributed by atoms with Gasteiger partial charge < -0.3 is 9.47 Å². The topological polar surface area (TPSA) is 18.5 Å². The molecule has 0 fully saturated rings. The Labute approximate surface area is 181 Å². The van der Waals surface area contributed by atoms with Gasteiger partial charge in [0.25, 0.3) is 0 Å². The lowest BCUT2D eigenvalue weighted by Crippen LogP contribution is -2.17. The fourth-order valence-corrected chi connectivity index (χ4v) is 3.75. The van der Waals surface area contributed by atoms with E-state index in [0.29, 0.717) is 13.2 Å². The summed E-state index contributed by atoms with van der Waals surface area (Å²) in [7, 11) is 0. The van der Waals surface area contributed by atoms with Crippen LogP contribution in [0.5, 0.6) is 0 Å². The van der Waals surface area contributed by atoms with E-state index in [9.17, 15) is 0 Å². The van der Waals surface area contributed by atoms with E-state index in [0.717, 1.165) is 12.8 Å². The number of benzene rings is 3. The average Bonchev–Trinajstić information content (AvgIpc) is 2.77. The molecule has 0 radical (unpaired) electrons. The zero-order valence-corrected chi connectivity index (χ0v) is 18.7. The summed E-state index contributed by atoms with van der Waals surface area (Å²) in [4.78, 5) is 0. The molecule has 0 heterocycles. The van der Waals surface area contributed by atoms with Crippen LogP contribution in [0.1, 0.15) is 47.2 Å². The smallest absolute Gasteiger partial charge is 0.0720 e. The lowest BCUT2D eigenvalue weighted by Gasteiger charge is -2.21. The summed E-state index contributed by atoms with van der Waals surface area (Å²) in [5, 5.41) is 0. The van der Waals surface area contributed by atoms with Gasteiger partial charge in [-0.15, -0.1) is 0 Å². The lowest BCUT2D eigenvalue weighted by atomic mass is 9.91. The molecule has 30 heavy (non-hydrogen) atoms. The number of rotatable bonds is 10. The van der Waals surface area contributed by atoms with Crippen molar-refractivity contribution in [3.05, 3.63) is 106 Å². The minimum atomic E-state index is 0.157. The molecule has 2 heteroatoms. The Bertz CT molecular complexity index is 903. The van der Waals surface area contributed by atoms with Crippen molar-refractivity contribution in [3.8, 4) is 0 Å². The first-order valence-corrected chi connectivity index (χ1v) is 10.9. The van der Waals surface area contributed by atoms with Crippen molar-refractivity contribution in [2.75, 3.05) is 0 Å². The molecule has 2 nitrogen and oxygen atoms in total. The van der Waals surface area contributed by atoms with Crippen LogP contribution >= 0.6 is 0 Å². The summed E-state index contributed by atoms with van der Waals surface area (Å²) < 4.78 is 12.3. The molecule has 0 aliphatic carbocycles. The van der Waals surface area contributed by atoms with Gasteiger partial charge in [0.1, 0.15) is 0 Å².